The molecule has 0 saturated heterocycles. The van der Waals surface area contributed by atoms with Gasteiger partial charge in [0.05, 0.1) is 9.40 Å². The fourth-order valence-electron chi connectivity index (χ4n) is 1.78. The van der Waals surface area contributed by atoms with Crippen LogP contribution in [-0.4, -0.2) is 10.7 Å². The van der Waals surface area contributed by atoms with Crippen LogP contribution in [0.2, 0.25) is 0 Å². The van der Waals surface area contributed by atoms with E-state index in [2.05, 4.69) is 15.9 Å². The average Bonchev–Trinajstić information content (AvgIpc) is 2.42. The van der Waals surface area contributed by atoms with E-state index in [4.69, 9.17) is 0 Å². The fourth-order valence-corrected chi connectivity index (χ4v) is 2.16. The molecule has 0 spiro atoms. The number of hydrogen-bond donors (Lipinski definition) is 0. The van der Waals surface area contributed by atoms with Crippen molar-refractivity contribution in [1.29, 1.82) is 0 Å². The number of nitro benzene ring substituents is 1. The van der Waals surface area contributed by atoms with E-state index < -0.39 is 10.7 Å². The van der Waals surface area contributed by atoms with Gasteiger partial charge in [0.1, 0.15) is 5.82 Å². The van der Waals surface area contributed by atoms with Gasteiger partial charge in [0.25, 0.3) is 5.69 Å². The van der Waals surface area contributed by atoms with Crippen LogP contribution < -0.4 is 0 Å². The predicted molar refractivity (Wildman–Crippen MR) is 75.2 cm³/mol. The van der Waals surface area contributed by atoms with Crippen LogP contribution in [-0.2, 0) is 6.42 Å². The Balaban J connectivity index is 2.28. The van der Waals surface area contributed by atoms with Crippen LogP contribution in [0, 0.1) is 15.9 Å². The third-order valence-electron chi connectivity index (χ3n) is 2.78. The summed E-state index contributed by atoms with van der Waals surface area (Å²) in [6.45, 7) is 0. The summed E-state index contributed by atoms with van der Waals surface area (Å²) in [7, 11) is 0. The van der Waals surface area contributed by atoms with Gasteiger partial charge < -0.3 is 0 Å². The second-order valence-corrected chi connectivity index (χ2v) is 4.97. The Labute approximate surface area is 122 Å². The monoisotopic (exact) mass is 337 g/mol. The number of benzene rings is 2. The first-order chi connectivity index (χ1) is 9.49. The fraction of sp³-hybridized carbons (Fsp3) is 0.0714. The minimum atomic E-state index is -0.525. The smallest absolute Gasteiger partial charge is 0.273 e. The lowest BCUT2D eigenvalue weighted by Crippen LogP contribution is -2.06. The van der Waals surface area contributed by atoms with Gasteiger partial charge in [-0.1, -0.05) is 18.2 Å². The molecular formula is C14H9BrFNO3. The predicted octanol–water partition coefficient (Wildman–Crippen LogP) is 3.92. The first kappa shape index (κ1) is 14.3. The Kier molecular flexibility index (Phi) is 4.24. The van der Waals surface area contributed by atoms with E-state index in [-0.39, 0.29) is 22.4 Å². The van der Waals surface area contributed by atoms with Crippen LogP contribution in [0.5, 0.6) is 0 Å². The van der Waals surface area contributed by atoms with Crippen LogP contribution in [0.1, 0.15) is 15.9 Å². The zero-order valence-corrected chi connectivity index (χ0v) is 11.8. The number of ketones is 1. The van der Waals surface area contributed by atoms with E-state index in [9.17, 15) is 19.3 Å². The summed E-state index contributed by atoms with van der Waals surface area (Å²) >= 11 is 3.00. The molecular weight excluding hydrogens is 329 g/mol. The van der Waals surface area contributed by atoms with Crippen molar-refractivity contribution >= 4 is 27.4 Å². The molecule has 0 aliphatic carbocycles. The number of carbonyl (C=O) groups excluding carboxylic acids is 1. The number of halogens is 2. The van der Waals surface area contributed by atoms with Crippen molar-refractivity contribution < 1.29 is 14.1 Å². The van der Waals surface area contributed by atoms with Gasteiger partial charge >= 0.3 is 0 Å². The summed E-state index contributed by atoms with van der Waals surface area (Å²) in [5.41, 5.74) is 0.543. The molecule has 2 aromatic carbocycles. The van der Waals surface area contributed by atoms with Gasteiger partial charge in [0.2, 0.25) is 0 Å². The van der Waals surface area contributed by atoms with Gasteiger partial charge in [-0.15, -0.1) is 0 Å². The standard InChI is InChI=1S/C14H9BrFNO3/c15-11-7-10(5-6-12(11)16)14(18)8-9-3-1-2-4-13(9)17(19)20/h1-7H,8H2. The average molecular weight is 338 g/mol. The van der Waals surface area contributed by atoms with E-state index in [1.165, 1.54) is 30.3 Å². The highest BCUT2D eigenvalue weighted by Crippen LogP contribution is 2.22. The largest absolute Gasteiger partial charge is 0.294 e. The van der Waals surface area contributed by atoms with Crippen molar-refractivity contribution in [3.63, 3.8) is 0 Å². The Morgan fingerprint density at radius 3 is 2.60 bits per heavy atom. The zero-order valence-electron chi connectivity index (χ0n) is 10.2. The Hall–Kier alpha value is -2.08. The molecule has 0 aliphatic heterocycles. The molecule has 4 nitrogen and oxygen atoms in total. The zero-order chi connectivity index (χ0) is 14.7. The number of carbonyl (C=O) groups is 1. The van der Waals surface area contributed by atoms with E-state index in [0.29, 0.717) is 11.1 Å². The molecule has 0 aliphatic rings. The summed E-state index contributed by atoms with van der Waals surface area (Å²) in [4.78, 5) is 22.4. The molecule has 20 heavy (non-hydrogen) atoms. The third kappa shape index (κ3) is 3.08. The van der Waals surface area contributed by atoms with Crippen LogP contribution in [0.15, 0.2) is 46.9 Å². The van der Waals surface area contributed by atoms with Crippen LogP contribution in [0.25, 0.3) is 0 Å². The minimum Gasteiger partial charge on any atom is -0.294 e. The van der Waals surface area contributed by atoms with Crippen LogP contribution in [0.4, 0.5) is 10.1 Å². The lowest BCUT2D eigenvalue weighted by atomic mass is 10.0. The van der Waals surface area contributed by atoms with E-state index in [0.717, 1.165) is 0 Å². The quantitative estimate of drug-likeness (QED) is 0.482. The SMILES string of the molecule is O=C(Cc1ccccc1[N+](=O)[O-])c1ccc(F)c(Br)c1. The van der Waals surface area contributed by atoms with Crippen LogP contribution in [0.3, 0.4) is 0 Å². The third-order valence-corrected chi connectivity index (χ3v) is 3.39. The number of rotatable bonds is 4. The van der Waals surface area contributed by atoms with Gasteiger partial charge in [-0.25, -0.2) is 4.39 Å². The first-order valence-corrected chi connectivity index (χ1v) is 6.49. The molecule has 0 bridgehead atoms. The Bertz CT molecular complexity index is 688. The highest BCUT2D eigenvalue weighted by atomic mass is 79.9. The molecule has 0 radical (unpaired) electrons. The van der Waals surface area contributed by atoms with Crippen LogP contribution >= 0.6 is 15.9 Å². The normalized spacial score (nSPS) is 10.3. The highest BCUT2D eigenvalue weighted by molar-refractivity contribution is 9.10. The highest BCUT2D eigenvalue weighted by Gasteiger charge is 2.17. The summed E-state index contributed by atoms with van der Waals surface area (Å²) in [6.07, 6.45) is -0.102. The lowest BCUT2D eigenvalue weighted by molar-refractivity contribution is -0.385. The summed E-state index contributed by atoms with van der Waals surface area (Å²) in [5, 5.41) is 10.9. The molecule has 0 N–H and O–H groups in total. The van der Waals surface area contributed by atoms with E-state index >= 15 is 0 Å². The van der Waals surface area contributed by atoms with Gasteiger partial charge in [-0.2, -0.15) is 0 Å². The van der Waals surface area contributed by atoms with Crippen molar-refractivity contribution in [3.8, 4) is 0 Å². The first-order valence-electron chi connectivity index (χ1n) is 5.69. The van der Waals surface area contributed by atoms with Crippen molar-refractivity contribution in [1.82, 2.24) is 0 Å². The molecule has 0 unspecified atom stereocenters. The van der Waals surface area contributed by atoms with Gasteiger partial charge in [0.15, 0.2) is 5.78 Å². The molecule has 6 heteroatoms. The second kappa shape index (κ2) is 5.92. The van der Waals surface area contributed by atoms with Crippen molar-refractivity contribution in [2.24, 2.45) is 0 Å². The summed E-state index contributed by atoms with van der Waals surface area (Å²) < 4.78 is 13.3. The number of hydrogen-bond acceptors (Lipinski definition) is 3. The maximum atomic E-state index is 13.1. The molecule has 0 saturated carbocycles. The maximum absolute atomic E-state index is 13.1. The van der Waals surface area contributed by atoms with Crippen molar-refractivity contribution in [3.05, 3.63) is 74.0 Å². The van der Waals surface area contributed by atoms with Crippen molar-refractivity contribution in [2.45, 2.75) is 6.42 Å². The topological polar surface area (TPSA) is 60.2 Å². The number of Topliss-reactive ketones (excluding diaryl/α,β-unsaturated/α-hetero) is 1. The number of para-hydroxylation sites is 1. The molecule has 0 atom stereocenters. The molecule has 2 aromatic rings. The number of nitrogens with zero attached hydrogens (tertiary/aromatic N) is 1. The number of nitro groups is 1. The summed E-state index contributed by atoms with van der Waals surface area (Å²) in [5.74, 6) is -0.771. The molecule has 0 amide bonds. The molecule has 102 valence electrons. The van der Waals surface area contributed by atoms with E-state index in [1.54, 1.807) is 12.1 Å². The lowest BCUT2D eigenvalue weighted by Gasteiger charge is -2.04. The maximum Gasteiger partial charge on any atom is 0.273 e. The molecule has 0 aromatic heterocycles. The molecule has 2 rings (SSSR count). The Morgan fingerprint density at radius 2 is 1.95 bits per heavy atom. The van der Waals surface area contributed by atoms with Crippen molar-refractivity contribution in [2.75, 3.05) is 0 Å². The minimum absolute atomic E-state index is 0.0953. The summed E-state index contributed by atoms with van der Waals surface area (Å²) in [6, 6.07) is 9.97. The van der Waals surface area contributed by atoms with Gasteiger partial charge in [0, 0.05) is 23.6 Å². The Morgan fingerprint density at radius 1 is 1.25 bits per heavy atom. The second-order valence-electron chi connectivity index (χ2n) is 4.11. The van der Waals surface area contributed by atoms with E-state index in [1.807, 2.05) is 0 Å². The molecule has 0 fully saturated rings. The van der Waals surface area contributed by atoms with Gasteiger partial charge in [-0.3, -0.25) is 14.9 Å². The molecule has 0 heterocycles. The van der Waals surface area contributed by atoms with Gasteiger partial charge in [-0.05, 0) is 34.1 Å².